The molecule has 112 valence electrons. The summed E-state index contributed by atoms with van der Waals surface area (Å²) in [5.74, 6) is 0.648. The monoisotopic (exact) mass is 275 g/mol. The van der Waals surface area contributed by atoms with Gasteiger partial charge < -0.3 is 10.4 Å². The van der Waals surface area contributed by atoms with E-state index in [1.165, 1.54) is 31.2 Å². The fourth-order valence-corrected chi connectivity index (χ4v) is 3.27. The fourth-order valence-electron chi connectivity index (χ4n) is 3.27. The van der Waals surface area contributed by atoms with Gasteiger partial charge in [-0.05, 0) is 36.2 Å². The van der Waals surface area contributed by atoms with Gasteiger partial charge in [0.1, 0.15) is 0 Å². The third-order valence-corrected chi connectivity index (χ3v) is 4.63. The summed E-state index contributed by atoms with van der Waals surface area (Å²) in [7, 11) is 0. The number of aliphatic hydroxyl groups excluding tert-OH is 1. The van der Waals surface area contributed by atoms with E-state index in [0.29, 0.717) is 12.0 Å². The molecule has 0 bridgehead atoms. The first-order chi connectivity index (χ1) is 9.62. The first kappa shape index (κ1) is 15.5. The van der Waals surface area contributed by atoms with Crippen molar-refractivity contribution in [3.05, 3.63) is 35.9 Å². The van der Waals surface area contributed by atoms with Crippen LogP contribution in [0.4, 0.5) is 0 Å². The number of benzene rings is 1. The Balaban J connectivity index is 1.97. The number of nitrogens with one attached hydrogen (secondary N) is 1. The second-order valence-corrected chi connectivity index (χ2v) is 6.93. The normalized spacial score (nSPS) is 23.8. The first-order valence-corrected chi connectivity index (χ1v) is 8.01. The molecule has 0 aliphatic heterocycles. The van der Waals surface area contributed by atoms with Gasteiger partial charge in [-0.25, -0.2) is 0 Å². The second kappa shape index (κ2) is 7.24. The van der Waals surface area contributed by atoms with Gasteiger partial charge in [0, 0.05) is 19.2 Å². The van der Waals surface area contributed by atoms with Crippen molar-refractivity contribution in [1.82, 2.24) is 5.32 Å². The average molecular weight is 275 g/mol. The lowest BCUT2D eigenvalue weighted by atomic mass is 9.79. The molecular formula is C18H29NO. The lowest BCUT2D eigenvalue weighted by Gasteiger charge is -2.35. The van der Waals surface area contributed by atoms with Crippen molar-refractivity contribution in [3.63, 3.8) is 0 Å². The Morgan fingerprint density at radius 2 is 1.85 bits per heavy atom. The molecule has 0 heterocycles. The van der Waals surface area contributed by atoms with Crippen LogP contribution in [0.3, 0.4) is 0 Å². The van der Waals surface area contributed by atoms with Gasteiger partial charge in [0.05, 0.1) is 0 Å². The first-order valence-electron chi connectivity index (χ1n) is 8.01. The molecule has 1 saturated carbocycles. The molecule has 1 aromatic rings. The molecule has 2 heteroatoms. The zero-order chi connectivity index (χ0) is 14.4. The summed E-state index contributed by atoms with van der Waals surface area (Å²) in [6, 6.07) is 11.5. The van der Waals surface area contributed by atoms with Crippen LogP contribution in [0.1, 0.15) is 57.4 Å². The van der Waals surface area contributed by atoms with Crippen LogP contribution in [0.25, 0.3) is 0 Å². The molecule has 20 heavy (non-hydrogen) atoms. The van der Waals surface area contributed by atoms with Crippen molar-refractivity contribution in [2.75, 3.05) is 13.2 Å². The molecule has 1 aromatic carbocycles. The number of rotatable bonds is 6. The molecule has 2 nitrogen and oxygen atoms in total. The van der Waals surface area contributed by atoms with Gasteiger partial charge in [-0.3, -0.25) is 0 Å². The summed E-state index contributed by atoms with van der Waals surface area (Å²) in [5.41, 5.74) is 1.65. The van der Waals surface area contributed by atoms with E-state index in [9.17, 15) is 0 Å². The molecule has 2 unspecified atom stereocenters. The SMILES string of the molecule is CC(C)(CCO)CNC1CCCCC1c1ccccc1. The minimum Gasteiger partial charge on any atom is -0.396 e. The van der Waals surface area contributed by atoms with Crippen LogP contribution in [0.15, 0.2) is 30.3 Å². The van der Waals surface area contributed by atoms with Gasteiger partial charge in [0.15, 0.2) is 0 Å². The van der Waals surface area contributed by atoms with E-state index < -0.39 is 0 Å². The summed E-state index contributed by atoms with van der Waals surface area (Å²) in [6.07, 6.45) is 6.11. The molecule has 0 saturated heterocycles. The summed E-state index contributed by atoms with van der Waals surface area (Å²) < 4.78 is 0. The van der Waals surface area contributed by atoms with Crippen molar-refractivity contribution in [2.24, 2.45) is 5.41 Å². The molecule has 2 rings (SSSR count). The van der Waals surface area contributed by atoms with Crippen molar-refractivity contribution >= 4 is 0 Å². The quantitative estimate of drug-likeness (QED) is 0.829. The zero-order valence-electron chi connectivity index (χ0n) is 12.9. The lowest BCUT2D eigenvalue weighted by molar-refractivity contribution is 0.194. The molecule has 1 aliphatic carbocycles. The summed E-state index contributed by atoms with van der Waals surface area (Å²) in [5, 5.41) is 12.9. The van der Waals surface area contributed by atoms with E-state index in [-0.39, 0.29) is 12.0 Å². The standard InChI is InChI=1S/C18H29NO/c1-18(2,12-13-20)14-19-17-11-7-6-10-16(17)15-8-4-3-5-9-15/h3-5,8-9,16-17,19-20H,6-7,10-14H2,1-2H3. The van der Waals surface area contributed by atoms with Crippen LogP contribution in [0.5, 0.6) is 0 Å². The third-order valence-electron chi connectivity index (χ3n) is 4.63. The van der Waals surface area contributed by atoms with Crippen LogP contribution < -0.4 is 5.32 Å². The minimum absolute atomic E-state index is 0.174. The molecule has 0 amide bonds. The molecule has 0 radical (unpaired) electrons. The Hall–Kier alpha value is -0.860. The Morgan fingerprint density at radius 1 is 1.15 bits per heavy atom. The van der Waals surface area contributed by atoms with E-state index in [1.54, 1.807) is 0 Å². The van der Waals surface area contributed by atoms with Gasteiger partial charge in [0.25, 0.3) is 0 Å². The van der Waals surface area contributed by atoms with Crippen LogP contribution in [-0.4, -0.2) is 24.3 Å². The Bertz CT molecular complexity index is 388. The average Bonchev–Trinajstić information content (AvgIpc) is 2.46. The van der Waals surface area contributed by atoms with Gasteiger partial charge in [-0.2, -0.15) is 0 Å². The lowest BCUT2D eigenvalue weighted by Crippen LogP contribution is -2.42. The van der Waals surface area contributed by atoms with E-state index >= 15 is 0 Å². The molecule has 0 aromatic heterocycles. The molecule has 1 fully saturated rings. The highest BCUT2D eigenvalue weighted by Gasteiger charge is 2.28. The Labute approximate surface area is 123 Å². The minimum atomic E-state index is 0.174. The van der Waals surface area contributed by atoms with E-state index in [0.717, 1.165) is 13.0 Å². The second-order valence-electron chi connectivity index (χ2n) is 6.93. The molecule has 1 aliphatic rings. The van der Waals surface area contributed by atoms with Crippen molar-refractivity contribution in [3.8, 4) is 0 Å². The number of hydrogen-bond acceptors (Lipinski definition) is 2. The highest BCUT2D eigenvalue weighted by Crippen LogP contribution is 2.33. The van der Waals surface area contributed by atoms with E-state index in [4.69, 9.17) is 5.11 Å². The predicted octanol–water partition coefficient (Wildman–Crippen LogP) is 3.71. The molecular weight excluding hydrogens is 246 g/mol. The van der Waals surface area contributed by atoms with Crippen molar-refractivity contribution in [1.29, 1.82) is 0 Å². The topological polar surface area (TPSA) is 32.3 Å². The van der Waals surface area contributed by atoms with Crippen LogP contribution in [0, 0.1) is 5.41 Å². The maximum atomic E-state index is 9.14. The van der Waals surface area contributed by atoms with Crippen LogP contribution >= 0.6 is 0 Å². The predicted molar refractivity (Wildman–Crippen MR) is 84.9 cm³/mol. The van der Waals surface area contributed by atoms with Gasteiger partial charge >= 0.3 is 0 Å². The zero-order valence-corrected chi connectivity index (χ0v) is 12.9. The molecule has 2 atom stereocenters. The number of aliphatic hydroxyl groups is 1. The molecule has 0 spiro atoms. The summed E-state index contributed by atoms with van der Waals surface area (Å²) in [4.78, 5) is 0. The van der Waals surface area contributed by atoms with E-state index in [2.05, 4.69) is 49.5 Å². The highest BCUT2D eigenvalue weighted by molar-refractivity contribution is 5.22. The van der Waals surface area contributed by atoms with Crippen molar-refractivity contribution in [2.45, 2.75) is 57.9 Å². The molecule has 2 N–H and O–H groups in total. The van der Waals surface area contributed by atoms with Gasteiger partial charge in [-0.1, -0.05) is 57.0 Å². The smallest absolute Gasteiger partial charge is 0.0436 e. The van der Waals surface area contributed by atoms with Crippen LogP contribution in [0.2, 0.25) is 0 Å². The van der Waals surface area contributed by atoms with Gasteiger partial charge in [-0.15, -0.1) is 0 Å². The van der Waals surface area contributed by atoms with Crippen LogP contribution in [-0.2, 0) is 0 Å². The maximum Gasteiger partial charge on any atom is 0.0436 e. The number of hydrogen-bond donors (Lipinski definition) is 2. The van der Waals surface area contributed by atoms with E-state index in [1.807, 2.05) is 0 Å². The van der Waals surface area contributed by atoms with Crippen molar-refractivity contribution < 1.29 is 5.11 Å². The summed E-state index contributed by atoms with van der Waals surface area (Å²) >= 11 is 0. The van der Waals surface area contributed by atoms with Gasteiger partial charge in [0.2, 0.25) is 0 Å². The largest absolute Gasteiger partial charge is 0.396 e. The highest BCUT2D eigenvalue weighted by atomic mass is 16.3. The summed E-state index contributed by atoms with van der Waals surface area (Å²) in [6.45, 7) is 5.73. The third kappa shape index (κ3) is 4.32. The Kier molecular flexibility index (Phi) is 5.62. The maximum absolute atomic E-state index is 9.14. The Morgan fingerprint density at radius 3 is 2.55 bits per heavy atom. The fraction of sp³-hybridized carbons (Fsp3) is 0.667.